The minimum atomic E-state index is 0.847. The first kappa shape index (κ1) is 13.5. The van der Waals surface area contributed by atoms with Crippen LogP contribution < -0.4 is 5.32 Å². The van der Waals surface area contributed by atoms with Crippen LogP contribution in [0.5, 0.6) is 0 Å². The molecule has 0 amide bonds. The maximum absolute atomic E-state index is 7.00. The van der Waals surface area contributed by atoms with Crippen molar-refractivity contribution in [2.75, 3.05) is 13.7 Å². The molecule has 0 aliphatic carbocycles. The van der Waals surface area contributed by atoms with Gasteiger partial charge in [-0.15, -0.1) is 0 Å². The molecule has 11 heavy (non-hydrogen) atoms. The van der Waals surface area contributed by atoms with Gasteiger partial charge in [-0.2, -0.15) is 0 Å². The molecule has 2 N–H and O–H groups in total. The molecule has 0 saturated carbocycles. The highest BCUT2D eigenvalue weighted by Crippen LogP contribution is 2.06. The van der Waals surface area contributed by atoms with Gasteiger partial charge in [-0.1, -0.05) is 20.8 Å². The van der Waals surface area contributed by atoms with Gasteiger partial charge in [0.15, 0.2) is 0 Å². The summed E-state index contributed by atoms with van der Waals surface area (Å²) in [6.07, 6.45) is 4.09. The van der Waals surface area contributed by atoms with Gasteiger partial charge in [0.2, 0.25) is 0 Å². The molecule has 0 radical (unpaired) electrons. The molecule has 2 heteroatoms. The summed E-state index contributed by atoms with van der Waals surface area (Å²) in [7, 11) is 1.00. The molecule has 0 aromatic heterocycles. The van der Waals surface area contributed by atoms with E-state index in [0.717, 1.165) is 13.2 Å². The lowest BCUT2D eigenvalue weighted by Gasteiger charge is -2.02. The number of aliphatic hydroxyl groups excluding tert-OH is 1. The minimum Gasteiger partial charge on any atom is -0.400 e. The summed E-state index contributed by atoms with van der Waals surface area (Å²) in [5.74, 6) is 0. The first-order chi connectivity index (χ1) is 5.43. The molecule has 1 aliphatic rings. The Hall–Kier alpha value is -0.0800. The van der Waals surface area contributed by atoms with Crippen LogP contribution in [0.4, 0.5) is 0 Å². The molecule has 1 rings (SSSR count). The van der Waals surface area contributed by atoms with Crippen molar-refractivity contribution in [3.63, 3.8) is 0 Å². The van der Waals surface area contributed by atoms with Crippen LogP contribution in [0.3, 0.4) is 0 Å². The van der Waals surface area contributed by atoms with Crippen molar-refractivity contribution >= 4 is 0 Å². The molecule has 0 aromatic carbocycles. The maximum Gasteiger partial charge on any atom is 0.0319 e. The predicted octanol–water partition coefficient (Wildman–Crippen LogP) is 1.78. The molecule has 1 unspecified atom stereocenters. The summed E-state index contributed by atoms with van der Waals surface area (Å²) in [5.41, 5.74) is 0. The van der Waals surface area contributed by atoms with E-state index in [0.29, 0.717) is 0 Å². The first-order valence-corrected chi connectivity index (χ1v) is 4.61. The van der Waals surface area contributed by atoms with Crippen molar-refractivity contribution in [3.8, 4) is 0 Å². The molecule has 2 nitrogen and oxygen atoms in total. The number of nitrogens with one attached hydrogen (secondary N) is 1. The van der Waals surface area contributed by atoms with Crippen molar-refractivity contribution < 1.29 is 5.11 Å². The summed E-state index contributed by atoms with van der Waals surface area (Å²) < 4.78 is 0. The zero-order valence-corrected chi connectivity index (χ0v) is 8.35. The van der Waals surface area contributed by atoms with Gasteiger partial charge in [0, 0.05) is 13.2 Å². The van der Waals surface area contributed by atoms with Crippen molar-refractivity contribution in [2.24, 2.45) is 0 Å². The molecular weight excluding hydrogens is 138 g/mol. The summed E-state index contributed by atoms with van der Waals surface area (Å²) >= 11 is 0. The maximum atomic E-state index is 7.00. The topological polar surface area (TPSA) is 32.3 Å². The molecule has 1 aliphatic heterocycles. The normalized spacial score (nSPS) is 21.0. The minimum absolute atomic E-state index is 0.847. The molecule has 70 valence electrons. The van der Waals surface area contributed by atoms with Gasteiger partial charge < -0.3 is 10.4 Å². The quantitative estimate of drug-likeness (QED) is 0.614. The largest absolute Gasteiger partial charge is 0.400 e. The number of aliphatic hydroxyl groups is 1. The molecule has 0 bridgehead atoms. The van der Waals surface area contributed by atoms with E-state index >= 15 is 0 Å². The predicted molar refractivity (Wildman–Crippen MR) is 50.8 cm³/mol. The third-order valence-electron chi connectivity index (χ3n) is 1.66. The SMILES string of the molecule is CC.CCC1CCCN1.CO. The average Bonchev–Trinajstić information content (AvgIpc) is 2.63. The van der Waals surface area contributed by atoms with E-state index in [2.05, 4.69) is 12.2 Å². The van der Waals surface area contributed by atoms with Crippen LogP contribution in [0, 0.1) is 0 Å². The molecule has 0 spiro atoms. The Morgan fingerprint density at radius 1 is 1.36 bits per heavy atom. The van der Waals surface area contributed by atoms with Crippen molar-refractivity contribution in [2.45, 2.75) is 46.1 Å². The number of rotatable bonds is 1. The Balaban J connectivity index is 0. The highest BCUT2D eigenvalue weighted by Gasteiger charge is 2.09. The van der Waals surface area contributed by atoms with Gasteiger partial charge in [0.1, 0.15) is 0 Å². The number of hydrogen-bond donors (Lipinski definition) is 2. The van der Waals surface area contributed by atoms with Crippen LogP contribution in [-0.2, 0) is 0 Å². The monoisotopic (exact) mass is 161 g/mol. The van der Waals surface area contributed by atoms with E-state index in [1.165, 1.54) is 25.8 Å². The van der Waals surface area contributed by atoms with Crippen LogP contribution in [0.1, 0.15) is 40.0 Å². The summed E-state index contributed by atoms with van der Waals surface area (Å²) in [5, 5.41) is 10.4. The Bertz CT molecular complexity index is 51.5. The van der Waals surface area contributed by atoms with Crippen LogP contribution in [0.25, 0.3) is 0 Å². The Labute approximate surface area is 71.0 Å². The smallest absolute Gasteiger partial charge is 0.0319 e. The second kappa shape index (κ2) is 12.6. The lowest BCUT2D eigenvalue weighted by molar-refractivity contribution is 0.399. The van der Waals surface area contributed by atoms with Gasteiger partial charge in [0.25, 0.3) is 0 Å². The van der Waals surface area contributed by atoms with Crippen molar-refractivity contribution in [3.05, 3.63) is 0 Å². The van der Waals surface area contributed by atoms with Gasteiger partial charge >= 0.3 is 0 Å². The first-order valence-electron chi connectivity index (χ1n) is 4.61. The third-order valence-corrected chi connectivity index (χ3v) is 1.66. The Morgan fingerprint density at radius 3 is 2.09 bits per heavy atom. The molecule has 1 saturated heterocycles. The standard InChI is InChI=1S/C6H13N.C2H6.CH4O/c1-2-6-4-3-5-7-6;2*1-2/h6-7H,2-5H2,1H3;1-2H3;2H,1H3. The van der Waals surface area contributed by atoms with Crippen LogP contribution in [-0.4, -0.2) is 24.8 Å². The van der Waals surface area contributed by atoms with E-state index in [-0.39, 0.29) is 0 Å². The van der Waals surface area contributed by atoms with Gasteiger partial charge in [0.05, 0.1) is 0 Å². The number of hydrogen-bond acceptors (Lipinski definition) is 2. The second-order valence-corrected chi connectivity index (χ2v) is 2.20. The lowest BCUT2D eigenvalue weighted by atomic mass is 10.2. The average molecular weight is 161 g/mol. The van der Waals surface area contributed by atoms with E-state index in [9.17, 15) is 0 Å². The van der Waals surface area contributed by atoms with E-state index in [4.69, 9.17) is 5.11 Å². The summed E-state index contributed by atoms with van der Waals surface area (Å²) in [6.45, 7) is 7.49. The summed E-state index contributed by atoms with van der Waals surface area (Å²) in [6, 6.07) is 0.847. The van der Waals surface area contributed by atoms with Crippen molar-refractivity contribution in [1.82, 2.24) is 5.32 Å². The molecular formula is C9H23NO. The Kier molecular flexibility index (Phi) is 15.4. The lowest BCUT2D eigenvalue weighted by Crippen LogP contribution is -2.19. The zero-order chi connectivity index (χ0) is 9.11. The zero-order valence-electron chi connectivity index (χ0n) is 8.35. The molecule has 1 fully saturated rings. The van der Waals surface area contributed by atoms with Crippen LogP contribution in [0.15, 0.2) is 0 Å². The molecule has 1 heterocycles. The van der Waals surface area contributed by atoms with Crippen molar-refractivity contribution in [1.29, 1.82) is 0 Å². The fourth-order valence-corrected chi connectivity index (χ4v) is 1.11. The molecule has 0 aromatic rings. The van der Waals surface area contributed by atoms with Gasteiger partial charge in [-0.25, -0.2) is 0 Å². The Morgan fingerprint density at radius 2 is 1.91 bits per heavy atom. The van der Waals surface area contributed by atoms with E-state index in [1.54, 1.807) is 0 Å². The van der Waals surface area contributed by atoms with E-state index in [1.807, 2.05) is 13.8 Å². The fraction of sp³-hybridized carbons (Fsp3) is 1.00. The van der Waals surface area contributed by atoms with E-state index < -0.39 is 0 Å². The molecule has 1 atom stereocenters. The fourth-order valence-electron chi connectivity index (χ4n) is 1.11. The van der Waals surface area contributed by atoms with Gasteiger partial charge in [-0.05, 0) is 25.8 Å². The summed E-state index contributed by atoms with van der Waals surface area (Å²) in [4.78, 5) is 0. The van der Waals surface area contributed by atoms with Gasteiger partial charge in [-0.3, -0.25) is 0 Å². The highest BCUT2D eigenvalue weighted by atomic mass is 16.2. The third kappa shape index (κ3) is 7.82. The van der Waals surface area contributed by atoms with Crippen LogP contribution in [0.2, 0.25) is 0 Å². The van der Waals surface area contributed by atoms with Crippen LogP contribution >= 0.6 is 0 Å². The second-order valence-electron chi connectivity index (χ2n) is 2.20. The highest BCUT2D eigenvalue weighted by molar-refractivity contribution is 4.71.